The number of rotatable bonds is 5. The smallest absolute Gasteiger partial charge is 0.331 e. The van der Waals surface area contributed by atoms with Crippen LogP contribution in [0.4, 0.5) is 5.69 Å². The van der Waals surface area contributed by atoms with E-state index in [1.807, 2.05) is 0 Å². The molecular weight excluding hydrogens is 408 g/mol. The van der Waals surface area contributed by atoms with E-state index in [0.717, 1.165) is 36.4 Å². The lowest BCUT2D eigenvalue weighted by Crippen LogP contribution is -2.21. The van der Waals surface area contributed by atoms with E-state index < -0.39 is 20.9 Å². The van der Waals surface area contributed by atoms with Gasteiger partial charge in [-0.1, -0.05) is 18.2 Å². The summed E-state index contributed by atoms with van der Waals surface area (Å²) < 4.78 is 31.1. The van der Waals surface area contributed by atoms with Gasteiger partial charge in [-0.25, -0.2) is 4.79 Å². The van der Waals surface area contributed by atoms with Gasteiger partial charge in [-0.3, -0.25) is 10.1 Å². The summed E-state index contributed by atoms with van der Waals surface area (Å²) in [5.41, 5.74) is 0.310. The second-order valence-electron chi connectivity index (χ2n) is 5.46. The molecule has 0 saturated carbocycles. The van der Waals surface area contributed by atoms with E-state index in [-0.39, 0.29) is 17.2 Å². The van der Waals surface area contributed by atoms with Crippen molar-refractivity contribution in [2.45, 2.75) is 11.8 Å². The summed E-state index contributed by atoms with van der Waals surface area (Å²) in [5, 5.41) is 10.8. The van der Waals surface area contributed by atoms with E-state index in [2.05, 4.69) is 23.9 Å². The minimum Gasteiger partial charge on any atom is -0.463 e. The van der Waals surface area contributed by atoms with Crippen LogP contribution >= 0.6 is 0 Å². The number of carbonyl (C=O) groups is 1. The summed E-state index contributed by atoms with van der Waals surface area (Å²) in [6.45, 7) is 1.84. The predicted octanol–water partition coefficient (Wildman–Crippen LogP) is 2.67. The van der Waals surface area contributed by atoms with Crippen LogP contribution in [-0.2, 0) is 19.6 Å². The molecule has 0 saturated heterocycles. The first-order chi connectivity index (χ1) is 14.3. The Labute approximate surface area is 174 Å². The zero-order valence-electron chi connectivity index (χ0n) is 15.8. The van der Waals surface area contributed by atoms with E-state index in [0.29, 0.717) is 9.87 Å². The third kappa shape index (κ3) is 6.23. The molecule has 8 nitrogen and oxygen atoms in total. The van der Waals surface area contributed by atoms with Crippen LogP contribution in [0.1, 0.15) is 12.5 Å². The van der Waals surface area contributed by atoms with Gasteiger partial charge in [0.2, 0.25) is 0 Å². The number of carbonyl (C=O) groups excluding carboxylic acids is 1. The van der Waals surface area contributed by atoms with Gasteiger partial charge in [0, 0.05) is 35.9 Å². The standard InChI is InChI=1S/C21H16N2O6S/c1-2-29-21(24)10-6-7-16-22(17-15-18-8-4-3-5-9-18)30(27,28)20-13-11-19(12-14-20)23(25)26/h3-6,8-14H,2H2,1H3/b10-6+. The number of nitro benzene ring substituents is 1. The van der Waals surface area contributed by atoms with Crippen molar-refractivity contribution >= 4 is 21.7 Å². The minimum atomic E-state index is -4.21. The van der Waals surface area contributed by atoms with Crippen LogP contribution in [0.25, 0.3) is 0 Å². The van der Waals surface area contributed by atoms with Crippen molar-refractivity contribution in [1.29, 1.82) is 0 Å². The molecule has 152 valence electrons. The van der Waals surface area contributed by atoms with Gasteiger partial charge in [0.15, 0.2) is 0 Å². The zero-order chi connectivity index (χ0) is 22.0. The normalized spacial score (nSPS) is 10.3. The SMILES string of the molecule is CCOC(=O)/C=C/C#CN(C#Cc1ccccc1)S(=O)(=O)c1ccc([N+](=O)[O-])cc1. The number of hydrogen-bond donors (Lipinski definition) is 0. The molecule has 0 atom stereocenters. The van der Waals surface area contributed by atoms with Gasteiger partial charge in [-0.05, 0) is 49.1 Å². The molecule has 0 heterocycles. The molecule has 0 spiro atoms. The maximum absolute atomic E-state index is 12.9. The van der Waals surface area contributed by atoms with Gasteiger partial charge < -0.3 is 4.74 Å². The first-order valence-corrected chi connectivity index (χ1v) is 9.99. The van der Waals surface area contributed by atoms with Crippen molar-refractivity contribution < 1.29 is 22.9 Å². The molecule has 0 fully saturated rings. The van der Waals surface area contributed by atoms with E-state index in [1.165, 1.54) is 0 Å². The third-order valence-electron chi connectivity index (χ3n) is 3.42. The number of ether oxygens (including phenoxy) is 1. The summed E-state index contributed by atoms with van der Waals surface area (Å²) in [6, 6.07) is 17.8. The highest BCUT2D eigenvalue weighted by molar-refractivity contribution is 7.89. The Hall–Kier alpha value is -4.08. The van der Waals surface area contributed by atoms with Gasteiger partial charge in [0.25, 0.3) is 15.7 Å². The molecule has 0 aliphatic rings. The summed E-state index contributed by atoms with van der Waals surface area (Å²) >= 11 is 0. The number of benzene rings is 2. The molecule has 0 aliphatic carbocycles. The zero-order valence-corrected chi connectivity index (χ0v) is 16.6. The van der Waals surface area contributed by atoms with Gasteiger partial charge in [-0.2, -0.15) is 8.42 Å². The summed E-state index contributed by atoms with van der Waals surface area (Å²) in [6.07, 6.45) is 2.19. The van der Waals surface area contributed by atoms with Crippen LogP contribution in [0.5, 0.6) is 0 Å². The van der Waals surface area contributed by atoms with Gasteiger partial charge in [0.1, 0.15) is 0 Å². The van der Waals surface area contributed by atoms with Crippen molar-refractivity contribution in [1.82, 2.24) is 4.31 Å². The van der Waals surface area contributed by atoms with Crippen LogP contribution < -0.4 is 0 Å². The molecule has 0 N–H and O–H groups in total. The molecule has 2 aromatic rings. The molecular formula is C21H16N2O6S. The fourth-order valence-electron chi connectivity index (χ4n) is 2.03. The molecule has 0 unspecified atom stereocenters. The predicted molar refractivity (Wildman–Crippen MR) is 109 cm³/mol. The Morgan fingerprint density at radius 1 is 1.13 bits per heavy atom. The van der Waals surface area contributed by atoms with Crippen LogP contribution in [-0.4, -0.2) is 30.2 Å². The van der Waals surface area contributed by atoms with E-state index >= 15 is 0 Å². The molecule has 0 aromatic heterocycles. The lowest BCUT2D eigenvalue weighted by molar-refractivity contribution is -0.384. The number of sulfonamides is 1. The lowest BCUT2D eigenvalue weighted by atomic mass is 10.2. The lowest BCUT2D eigenvalue weighted by Gasteiger charge is -2.10. The Balaban J connectivity index is 2.40. The molecule has 2 aromatic carbocycles. The van der Waals surface area contributed by atoms with Crippen LogP contribution in [0, 0.1) is 34.0 Å². The quantitative estimate of drug-likeness (QED) is 0.182. The van der Waals surface area contributed by atoms with E-state index in [9.17, 15) is 23.3 Å². The molecule has 0 aliphatic heterocycles. The number of nitro groups is 1. The fraction of sp³-hybridized carbons (Fsp3) is 0.0952. The summed E-state index contributed by atoms with van der Waals surface area (Å²) in [5.74, 6) is 4.49. The summed E-state index contributed by atoms with van der Waals surface area (Å²) in [7, 11) is -4.21. The van der Waals surface area contributed by atoms with Crippen molar-refractivity contribution in [2.75, 3.05) is 6.61 Å². The van der Waals surface area contributed by atoms with Gasteiger partial charge in [-0.15, -0.1) is 4.31 Å². The van der Waals surface area contributed by atoms with Crippen molar-refractivity contribution in [3.8, 4) is 23.9 Å². The molecule has 0 radical (unpaired) electrons. The Morgan fingerprint density at radius 3 is 2.40 bits per heavy atom. The first-order valence-electron chi connectivity index (χ1n) is 8.55. The molecule has 0 bridgehead atoms. The number of non-ortho nitro benzene ring substituents is 1. The highest BCUT2D eigenvalue weighted by Crippen LogP contribution is 2.19. The van der Waals surface area contributed by atoms with Gasteiger partial charge in [0.05, 0.1) is 16.4 Å². The molecule has 2 rings (SSSR count). The number of allylic oxidation sites excluding steroid dienone is 1. The number of hydrogen-bond acceptors (Lipinski definition) is 6. The van der Waals surface area contributed by atoms with Crippen molar-refractivity contribution in [2.24, 2.45) is 0 Å². The maximum atomic E-state index is 12.9. The van der Waals surface area contributed by atoms with E-state index in [4.69, 9.17) is 4.74 Å². The Bertz CT molecular complexity index is 1170. The second kappa shape index (κ2) is 10.5. The van der Waals surface area contributed by atoms with E-state index in [1.54, 1.807) is 37.3 Å². The number of nitrogens with zero attached hydrogens (tertiary/aromatic N) is 2. The number of esters is 1. The Kier molecular flexibility index (Phi) is 7.74. The highest BCUT2D eigenvalue weighted by Gasteiger charge is 2.22. The molecule has 9 heteroatoms. The van der Waals surface area contributed by atoms with Crippen LogP contribution in [0.15, 0.2) is 71.6 Å². The van der Waals surface area contributed by atoms with Crippen LogP contribution in [0.2, 0.25) is 0 Å². The second-order valence-corrected chi connectivity index (χ2v) is 7.25. The largest absolute Gasteiger partial charge is 0.463 e. The van der Waals surface area contributed by atoms with Gasteiger partial charge >= 0.3 is 5.97 Å². The molecule has 0 amide bonds. The fourth-order valence-corrected chi connectivity index (χ4v) is 3.06. The average Bonchev–Trinajstić information content (AvgIpc) is 2.74. The summed E-state index contributed by atoms with van der Waals surface area (Å²) in [4.78, 5) is 21.2. The maximum Gasteiger partial charge on any atom is 0.331 e. The highest BCUT2D eigenvalue weighted by atomic mass is 32.2. The third-order valence-corrected chi connectivity index (χ3v) is 4.95. The minimum absolute atomic E-state index is 0.194. The molecule has 30 heavy (non-hydrogen) atoms. The average molecular weight is 424 g/mol. The van der Waals surface area contributed by atoms with Crippen molar-refractivity contribution in [3.05, 3.63) is 82.4 Å². The first kappa shape index (κ1) is 22.2. The monoisotopic (exact) mass is 424 g/mol. The van der Waals surface area contributed by atoms with Crippen LogP contribution in [0.3, 0.4) is 0 Å². The van der Waals surface area contributed by atoms with Crippen molar-refractivity contribution in [3.63, 3.8) is 0 Å². The topological polar surface area (TPSA) is 107 Å². The Morgan fingerprint density at radius 2 is 1.80 bits per heavy atom.